The molecular formula is C11H10BrFO. The molecule has 1 aromatic rings. The summed E-state index contributed by atoms with van der Waals surface area (Å²) in [6, 6.07) is 4.90. The van der Waals surface area contributed by atoms with Gasteiger partial charge < -0.3 is 0 Å². The summed E-state index contributed by atoms with van der Waals surface area (Å²) >= 11 is 3.20. The Balaban J connectivity index is 2.47. The third kappa shape index (κ3) is 1.40. The van der Waals surface area contributed by atoms with Gasteiger partial charge in [-0.2, -0.15) is 0 Å². The highest BCUT2D eigenvalue weighted by Gasteiger charge is 2.50. The molecule has 74 valence electrons. The molecule has 1 fully saturated rings. The number of rotatable bonds is 2. The van der Waals surface area contributed by atoms with E-state index in [-0.39, 0.29) is 11.6 Å². The largest absolute Gasteiger partial charge is 0.299 e. The summed E-state index contributed by atoms with van der Waals surface area (Å²) in [5.41, 5.74) is 0.0401. The maximum Gasteiger partial charge on any atom is 0.140 e. The second-order valence-electron chi connectivity index (χ2n) is 3.76. The molecule has 1 aliphatic rings. The summed E-state index contributed by atoms with van der Waals surface area (Å²) in [6.07, 6.45) is 1.56. The van der Waals surface area contributed by atoms with Crippen molar-refractivity contribution in [2.75, 3.05) is 0 Å². The van der Waals surface area contributed by atoms with Crippen molar-refractivity contribution in [1.82, 2.24) is 0 Å². The molecule has 0 aliphatic heterocycles. The molecule has 0 radical (unpaired) electrons. The Hall–Kier alpha value is -0.700. The average Bonchev–Trinajstić information content (AvgIpc) is 2.84. The molecule has 1 aliphatic carbocycles. The van der Waals surface area contributed by atoms with E-state index in [1.165, 1.54) is 13.0 Å². The van der Waals surface area contributed by atoms with Gasteiger partial charge in [0.25, 0.3) is 0 Å². The summed E-state index contributed by atoms with van der Waals surface area (Å²) in [7, 11) is 0. The van der Waals surface area contributed by atoms with Crippen molar-refractivity contribution in [1.29, 1.82) is 0 Å². The van der Waals surface area contributed by atoms with Crippen molar-refractivity contribution in [3.63, 3.8) is 0 Å². The van der Waals surface area contributed by atoms with Crippen LogP contribution in [0.2, 0.25) is 0 Å². The van der Waals surface area contributed by atoms with Crippen LogP contribution in [0.1, 0.15) is 25.3 Å². The van der Waals surface area contributed by atoms with Crippen LogP contribution in [0.5, 0.6) is 0 Å². The summed E-state index contributed by atoms with van der Waals surface area (Å²) in [5.74, 6) is -0.217. The summed E-state index contributed by atoms with van der Waals surface area (Å²) in [4.78, 5) is 11.4. The first kappa shape index (κ1) is 9.84. The summed E-state index contributed by atoms with van der Waals surface area (Å²) in [6.45, 7) is 1.54. The molecule has 0 spiro atoms. The molecule has 0 atom stereocenters. The number of Topliss-reactive ketones (excluding diaryl/α,β-unsaturated/α-hetero) is 1. The number of hydrogen-bond donors (Lipinski definition) is 0. The third-order valence-electron chi connectivity index (χ3n) is 2.87. The molecule has 1 saturated carbocycles. The summed E-state index contributed by atoms with van der Waals surface area (Å²) in [5, 5.41) is 0. The van der Waals surface area contributed by atoms with E-state index in [0.29, 0.717) is 10.0 Å². The van der Waals surface area contributed by atoms with E-state index in [1.54, 1.807) is 12.1 Å². The van der Waals surface area contributed by atoms with Gasteiger partial charge in [-0.25, -0.2) is 4.39 Å². The second-order valence-corrected chi connectivity index (χ2v) is 4.68. The maximum atomic E-state index is 13.6. The molecular weight excluding hydrogens is 247 g/mol. The van der Waals surface area contributed by atoms with Crippen LogP contribution in [0.15, 0.2) is 22.7 Å². The van der Waals surface area contributed by atoms with Crippen LogP contribution in [0, 0.1) is 5.82 Å². The zero-order chi connectivity index (χ0) is 10.3. The number of carbonyl (C=O) groups excluding carboxylic acids is 1. The maximum absolute atomic E-state index is 13.6. The standard InChI is InChI=1S/C11H10BrFO/c1-7(14)11(4-5-11)9-3-2-8(12)6-10(9)13/h2-3,6H,4-5H2,1H3. The van der Waals surface area contributed by atoms with Crippen LogP contribution in [-0.4, -0.2) is 5.78 Å². The Morgan fingerprint density at radius 3 is 2.57 bits per heavy atom. The first-order valence-electron chi connectivity index (χ1n) is 4.53. The highest BCUT2D eigenvalue weighted by Crippen LogP contribution is 2.49. The molecule has 1 nitrogen and oxygen atoms in total. The van der Waals surface area contributed by atoms with Gasteiger partial charge in [0.05, 0.1) is 5.41 Å². The normalized spacial score (nSPS) is 17.9. The molecule has 2 rings (SSSR count). The van der Waals surface area contributed by atoms with E-state index in [1.807, 2.05) is 0 Å². The van der Waals surface area contributed by atoms with E-state index in [2.05, 4.69) is 15.9 Å². The van der Waals surface area contributed by atoms with Crippen molar-refractivity contribution in [2.45, 2.75) is 25.2 Å². The second kappa shape index (κ2) is 3.16. The van der Waals surface area contributed by atoms with Crippen molar-refractivity contribution >= 4 is 21.7 Å². The van der Waals surface area contributed by atoms with Gasteiger partial charge in [-0.1, -0.05) is 22.0 Å². The van der Waals surface area contributed by atoms with Gasteiger partial charge in [0.15, 0.2) is 0 Å². The predicted octanol–water partition coefficient (Wildman–Crippen LogP) is 3.21. The topological polar surface area (TPSA) is 17.1 Å². The van der Waals surface area contributed by atoms with Gasteiger partial charge in [0.1, 0.15) is 11.6 Å². The number of hydrogen-bond acceptors (Lipinski definition) is 1. The van der Waals surface area contributed by atoms with Gasteiger partial charge in [0.2, 0.25) is 0 Å². The minimum Gasteiger partial charge on any atom is -0.299 e. The van der Waals surface area contributed by atoms with Gasteiger partial charge in [-0.15, -0.1) is 0 Å². The van der Waals surface area contributed by atoms with Gasteiger partial charge in [-0.3, -0.25) is 4.79 Å². The van der Waals surface area contributed by atoms with Crippen LogP contribution in [0.25, 0.3) is 0 Å². The minimum absolute atomic E-state index is 0.0683. The number of halogens is 2. The molecule has 3 heteroatoms. The first-order chi connectivity index (χ1) is 6.56. The Bertz CT molecular complexity index is 396. The molecule has 14 heavy (non-hydrogen) atoms. The van der Waals surface area contributed by atoms with Crippen molar-refractivity contribution in [2.24, 2.45) is 0 Å². The van der Waals surface area contributed by atoms with Crippen molar-refractivity contribution in [3.8, 4) is 0 Å². The van der Waals surface area contributed by atoms with E-state index in [9.17, 15) is 9.18 Å². The Kier molecular flexibility index (Phi) is 2.22. The smallest absolute Gasteiger partial charge is 0.140 e. The lowest BCUT2D eigenvalue weighted by molar-refractivity contribution is -0.119. The van der Waals surface area contributed by atoms with E-state index >= 15 is 0 Å². The number of ketones is 1. The number of benzene rings is 1. The van der Waals surface area contributed by atoms with E-state index < -0.39 is 5.41 Å². The molecule has 0 heterocycles. The lowest BCUT2D eigenvalue weighted by atomic mass is 9.92. The van der Waals surface area contributed by atoms with Crippen molar-refractivity contribution in [3.05, 3.63) is 34.1 Å². The fourth-order valence-electron chi connectivity index (χ4n) is 1.81. The molecule has 0 amide bonds. The van der Waals surface area contributed by atoms with Crippen LogP contribution in [0.3, 0.4) is 0 Å². The molecule has 1 aromatic carbocycles. The van der Waals surface area contributed by atoms with Crippen LogP contribution in [0.4, 0.5) is 4.39 Å². The molecule has 0 unspecified atom stereocenters. The lowest BCUT2D eigenvalue weighted by Crippen LogP contribution is -2.18. The third-order valence-corrected chi connectivity index (χ3v) is 3.36. The zero-order valence-electron chi connectivity index (χ0n) is 7.81. The quantitative estimate of drug-likeness (QED) is 0.795. The average molecular weight is 257 g/mol. The number of carbonyl (C=O) groups is 1. The summed E-state index contributed by atoms with van der Waals surface area (Å²) < 4.78 is 14.3. The molecule has 0 aromatic heterocycles. The Labute approximate surface area is 90.4 Å². The van der Waals surface area contributed by atoms with Gasteiger partial charge in [-0.05, 0) is 31.9 Å². The van der Waals surface area contributed by atoms with Crippen molar-refractivity contribution < 1.29 is 9.18 Å². The van der Waals surface area contributed by atoms with E-state index in [0.717, 1.165) is 12.8 Å². The minimum atomic E-state index is -0.509. The molecule has 0 saturated heterocycles. The Morgan fingerprint density at radius 2 is 2.14 bits per heavy atom. The highest BCUT2D eigenvalue weighted by atomic mass is 79.9. The van der Waals surface area contributed by atoms with Crippen LogP contribution in [-0.2, 0) is 10.2 Å². The fraction of sp³-hybridized carbons (Fsp3) is 0.364. The van der Waals surface area contributed by atoms with Crippen LogP contribution >= 0.6 is 15.9 Å². The van der Waals surface area contributed by atoms with Gasteiger partial charge >= 0.3 is 0 Å². The SMILES string of the molecule is CC(=O)C1(c2ccc(Br)cc2F)CC1. The predicted molar refractivity (Wildman–Crippen MR) is 55.7 cm³/mol. The monoisotopic (exact) mass is 256 g/mol. The highest BCUT2D eigenvalue weighted by molar-refractivity contribution is 9.10. The molecule has 0 N–H and O–H groups in total. The van der Waals surface area contributed by atoms with E-state index in [4.69, 9.17) is 0 Å². The van der Waals surface area contributed by atoms with Gasteiger partial charge in [0, 0.05) is 10.0 Å². The van der Waals surface area contributed by atoms with Crippen LogP contribution < -0.4 is 0 Å². The first-order valence-corrected chi connectivity index (χ1v) is 5.32. The zero-order valence-corrected chi connectivity index (χ0v) is 9.40. The Morgan fingerprint density at radius 1 is 1.50 bits per heavy atom. The lowest BCUT2D eigenvalue weighted by Gasteiger charge is -2.12. The molecule has 0 bridgehead atoms. The fourth-order valence-corrected chi connectivity index (χ4v) is 2.15.